The number of rotatable bonds is 5. The third-order valence-electron chi connectivity index (χ3n) is 4.24. The van der Waals surface area contributed by atoms with Crippen molar-refractivity contribution in [3.8, 4) is 5.69 Å². The highest BCUT2D eigenvalue weighted by Gasteiger charge is 2.28. The number of benzene rings is 1. The van der Waals surface area contributed by atoms with E-state index >= 15 is 0 Å². The van der Waals surface area contributed by atoms with Crippen molar-refractivity contribution in [3.63, 3.8) is 0 Å². The lowest BCUT2D eigenvalue weighted by molar-refractivity contribution is -0.129. The normalized spacial score (nSPS) is 15.0. The summed E-state index contributed by atoms with van der Waals surface area (Å²) >= 11 is 0. The van der Waals surface area contributed by atoms with Crippen LogP contribution in [0.1, 0.15) is 41.5 Å². The molecule has 1 N–H and O–H groups in total. The van der Waals surface area contributed by atoms with E-state index in [2.05, 4.69) is 5.32 Å². The van der Waals surface area contributed by atoms with Crippen LogP contribution >= 0.6 is 0 Å². The first kappa shape index (κ1) is 16.3. The Morgan fingerprint density at radius 2 is 1.88 bits per heavy atom. The van der Waals surface area contributed by atoms with Gasteiger partial charge in [0.05, 0.1) is 5.56 Å². The lowest BCUT2D eigenvalue weighted by atomic mass is 10.2. The fraction of sp³-hybridized carbons (Fsp3) is 0.368. The van der Waals surface area contributed by atoms with Gasteiger partial charge in [0.15, 0.2) is 6.10 Å². The van der Waals surface area contributed by atoms with Gasteiger partial charge in [0, 0.05) is 23.1 Å². The topological polar surface area (TPSA) is 60.3 Å². The van der Waals surface area contributed by atoms with Crippen molar-refractivity contribution in [2.45, 2.75) is 45.8 Å². The minimum atomic E-state index is -0.794. The van der Waals surface area contributed by atoms with E-state index in [1.165, 1.54) is 0 Å². The second-order valence-corrected chi connectivity index (χ2v) is 6.29. The summed E-state index contributed by atoms with van der Waals surface area (Å²) in [7, 11) is 0. The van der Waals surface area contributed by atoms with Gasteiger partial charge in [0.25, 0.3) is 5.91 Å². The summed E-state index contributed by atoms with van der Waals surface area (Å²) in [6, 6.07) is 11.9. The molecule has 1 aromatic carbocycles. The highest BCUT2D eigenvalue weighted by molar-refractivity contribution is 5.93. The van der Waals surface area contributed by atoms with E-state index in [0.29, 0.717) is 5.56 Å². The Morgan fingerprint density at radius 1 is 1.21 bits per heavy atom. The van der Waals surface area contributed by atoms with Crippen molar-refractivity contribution in [2.75, 3.05) is 0 Å². The van der Waals surface area contributed by atoms with Crippen LogP contribution in [0.25, 0.3) is 5.69 Å². The Labute approximate surface area is 141 Å². The Bertz CT molecular complexity index is 760. The zero-order chi connectivity index (χ0) is 17.3. The van der Waals surface area contributed by atoms with Gasteiger partial charge in [-0.2, -0.15) is 0 Å². The lowest BCUT2D eigenvalue weighted by Crippen LogP contribution is -2.37. The molecule has 1 aliphatic rings. The molecule has 1 aromatic heterocycles. The molecule has 126 valence electrons. The molecule has 0 bridgehead atoms. The van der Waals surface area contributed by atoms with Crippen molar-refractivity contribution >= 4 is 11.9 Å². The molecule has 0 radical (unpaired) electrons. The summed E-state index contributed by atoms with van der Waals surface area (Å²) < 4.78 is 7.35. The highest BCUT2D eigenvalue weighted by atomic mass is 16.5. The van der Waals surface area contributed by atoms with Crippen LogP contribution in [-0.4, -0.2) is 28.6 Å². The fourth-order valence-corrected chi connectivity index (χ4v) is 2.77. The molecular weight excluding hydrogens is 304 g/mol. The molecule has 1 unspecified atom stereocenters. The molecule has 1 fully saturated rings. The number of esters is 1. The zero-order valence-corrected chi connectivity index (χ0v) is 14.2. The van der Waals surface area contributed by atoms with E-state index in [9.17, 15) is 9.59 Å². The molecule has 1 aliphatic carbocycles. The van der Waals surface area contributed by atoms with Crippen LogP contribution in [0.2, 0.25) is 0 Å². The average molecular weight is 326 g/mol. The van der Waals surface area contributed by atoms with E-state index in [1.54, 1.807) is 13.0 Å². The van der Waals surface area contributed by atoms with Crippen LogP contribution in [0.15, 0.2) is 36.4 Å². The quantitative estimate of drug-likeness (QED) is 0.860. The Hall–Kier alpha value is -2.56. The number of hydrogen-bond donors (Lipinski definition) is 1. The SMILES string of the molecule is Cc1cc(C(=O)OC(C)C(=O)NC2CC2)c(C)n1-c1ccccc1. The van der Waals surface area contributed by atoms with E-state index in [-0.39, 0.29) is 11.9 Å². The second kappa shape index (κ2) is 6.51. The van der Waals surface area contributed by atoms with Crippen LogP contribution in [0.5, 0.6) is 0 Å². The van der Waals surface area contributed by atoms with Crippen LogP contribution in [-0.2, 0) is 9.53 Å². The largest absolute Gasteiger partial charge is 0.449 e. The number of carbonyl (C=O) groups excluding carboxylic acids is 2. The van der Waals surface area contributed by atoms with Crippen molar-refractivity contribution in [2.24, 2.45) is 0 Å². The van der Waals surface area contributed by atoms with Crippen LogP contribution in [0, 0.1) is 13.8 Å². The summed E-state index contributed by atoms with van der Waals surface area (Å²) in [4.78, 5) is 24.4. The maximum Gasteiger partial charge on any atom is 0.340 e. The van der Waals surface area contributed by atoms with Crippen molar-refractivity contribution in [1.82, 2.24) is 9.88 Å². The second-order valence-electron chi connectivity index (χ2n) is 6.29. The molecule has 5 heteroatoms. The van der Waals surface area contributed by atoms with Crippen LogP contribution in [0.3, 0.4) is 0 Å². The number of nitrogens with zero attached hydrogens (tertiary/aromatic N) is 1. The van der Waals surface area contributed by atoms with Gasteiger partial charge in [-0.15, -0.1) is 0 Å². The standard InChI is InChI=1S/C19H22N2O3/c1-12-11-17(13(2)21(12)16-7-5-4-6-8-16)19(23)24-14(3)18(22)20-15-9-10-15/h4-8,11,14-15H,9-10H2,1-3H3,(H,20,22). The molecule has 0 aliphatic heterocycles. The Morgan fingerprint density at radius 3 is 2.50 bits per heavy atom. The summed E-state index contributed by atoms with van der Waals surface area (Å²) in [6.45, 7) is 5.43. The molecule has 5 nitrogen and oxygen atoms in total. The van der Waals surface area contributed by atoms with Gasteiger partial charge in [0.2, 0.25) is 0 Å². The summed E-state index contributed by atoms with van der Waals surface area (Å²) in [5.74, 6) is -0.702. The van der Waals surface area contributed by atoms with Gasteiger partial charge in [0.1, 0.15) is 0 Å². The van der Waals surface area contributed by atoms with E-state index < -0.39 is 12.1 Å². The first-order valence-corrected chi connectivity index (χ1v) is 8.23. The summed E-state index contributed by atoms with van der Waals surface area (Å²) in [5, 5.41) is 2.85. The van der Waals surface area contributed by atoms with Gasteiger partial charge >= 0.3 is 5.97 Å². The molecule has 0 spiro atoms. The van der Waals surface area contributed by atoms with Crippen molar-refractivity contribution in [1.29, 1.82) is 0 Å². The van der Waals surface area contributed by atoms with Gasteiger partial charge in [-0.3, -0.25) is 4.79 Å². The number of para-hydroxylation sites is 1. The van der Waals surface area contributed by atoms with Gasteiger partial charge in [-0.25, -0.2) is 4.79 Å². The number of hydrogen-bond acceptors (Lipinski definition) is 3. The zero-order valence-electron chi connectivity index (χ0n) is 14.2. The molecule has 2 aromatic rings. The number of aromatic nitrogens is 1. The molecule has 1 heterocycles. The average Bonchev–Trinajstić information content (AvgIpc) is 3.32. The van der Waals surface area contributed by atoms with E-state index in [1.807, 2.05) is 48.7 Å². The molecule has 1 amide bonds. The third kappa shape index (κ3) is 3.35. The molecule has 1 atom stereocenters. The minimum absolute atomic E-state index is 0.234. The lowest BCUT2D eigenvalue weighted by Gasteiger charge is -2.13. The maximum atomic E-state index is 12.5. The first-order chi connectivity index (χ1) is 11.5. The third-order valence-corrected chi connectivity index (χ3v) is 4.24. The Balaban J connectivity index is 1.77. The van der Waals surface area contributed by atoms with Crippen LogP contribution in [0.4, 0.5) is 0 Å². The number of carbonyl (C=O) groups is 2. The molecule has 1 saturated carbocycles. The van der Waals surface area contributed by atoms with Crippen LogP contribution < -0.4 is 5.32 Å². The summed E-state index contributed by atoms with van der Waals surface area (Å²) in [5.41, 5.74) is 3.23. The molecule has 0 saturated heterocycles. The number of nitrogens with one attached hydrogen (secondary N) is 1. The molecular formula is C19H22N2O3. The predicted octanol–water partition coefficient (Wildman–Crippen LogP) is 2.92. The first-order valence-electron chi connectivity index (χ1n) is 8.23. The monoisotopic (exact) mass is 326 g/mol. The summed E-state index contributed by atoms with van der Waals surface area (Å²) in [6.07, 6.45) is 1.22. The number of ether oxygens (including phenoxy) is 1. The van der Waals surface area contributed by atoms with Gasteiger partial charge < -0.3 is 14.6 Å². The maximum absolute atomic E-state index is 12.5. The van der Waals surface area contributed by atoms with Crippen molar-refractivity contribution < 1.29 is 14.3 Å². The van der Waals surface area contributed by atoms with E-state index in [0.717, 1.165) is 29.9 Å². The van der Waals surface area contributed by atoms with Gasteiger partial charge in [-0.05, 0) is 51.8 Å². The highest BCUT2D eigenvalue weighted by Crippen LogP contribution is 2.22. The molecule has 3 rings (SSSR count). The minimum Gasteiger partial charge on any atom is -0.449 e. The van der Waals surface area contributed by atoms with Gasteiger partial charge in [-0.1, -0.05) is 18.2 Å². The molecule has 24 heavy (non-hydrogen) atoms. The number of amides is 1. The fourth-order valence-electron chi connectivity index (χ4n) is 2.77. The smallest absolute Gasteiger partial charge is 0.340 e. The number of aryl methyl sites for hydroxylation is 1. The Kier molecular flexibility index (Phi) is 4.42. The van der Waals surface area contributed by atoms with Crippen molar-refractivity contribution in [3.05, 3.63) is 53.3 Å². The predicted molar refractivity (Wildman–Crippen MR) is 91.3 cm³/mol. The van der Waals surface area contributed by atoms with E-state index in [4.69, 9.17) is 4.74 Å².